The number of carboxylic acids is 2. The molecule has 0 saturated heterocycles. The summed E-state index contributed by atoms with van der Waals surface area (Å²) in [6, 6.07) is 0. The van der Waals surface area contributed by atoms with Gasteiger partial charge in [-0.25, -0.2) is 0 Å². The summed E-state index contributed by atoms with van der Waals surface area (Å²) in [5.41, 5.74) is 0. The molecule has 0 radical (unpaired) electrons. The zero-order valence-electron chi connectivity index (χ0n) is 8.08. The van der Waals surface area contributed by atoms with Crippen LogP contribution in [0.15, 0.2) is 0 Å². The second kappa shape index (κ2) is 3.86. The van der Waals surface area contributed by atoms with Crippen LogP contribution in [0, 0.1) is 0 Å². The Kier molecular flexibility index (Phi) is 5.42. The van der Waals surface area contributed by atoms with Crippen LogP contribution in [0.5, 0.6) is 0 Å². The SMILES string of the molecule is O=C([O-])C(=O)[O-].[H+].[H+].[H+].[H+].[H+].[Nb+3]. The molecular weight excluding hydrogens is 181 g/mol. The number of carbonyl (C=O) groups excluding carboxylic acids is 2. The van der Waals surface area contributed by atoms with Crippen LogP contribution in [-0.2, 0) is 32.0 Å². The number of rotatable bonds is 0. The molecule has 0 bridgehead atoms. The van der Waals surface area contributed by atoms with E-state index in [-0.39, 0.29) is 29.5 Å². The Hall–Kier alpha value is -0.320. The molecule has 7 heavy (non-hydrogen) atoms. The Morgan fingerprint density at radius 3 is 1.29 bits per heavy atom. The van der Waals surface area contributed by atoms with Gasteiger partial charge in [-0.3, -0.25) is 0 Å². The molecule has 0 aromatic rings. The van der Waals surface area contributed by atoms with Gasteiger partial charge in [0.2, 0.25) is 0 Å². The third-order valence-electron chi connectivity index (χ3n) is 0.167. The Balaban J connectivity index is -0.00000000833. The molecule has 0 fully saturated rings. The Morgan fingerprint density at radius 2 is 1.29 bits per heavy atom. The van der Waals surface area contributed by atoms with Crippen molar-refractivity contribution in [3.05, 3.63) is 0 Å². The zero-order chi connectivity index (χ0) is 5.15. The van der Waals surface area contributed by atoms with Gasteiger partial charge in [0, 0.05) is 0 Å². The Bertz CT molecular complexity index is 87.4. The van der Waals surface area contributed by atoms with E-state index < -0.39 is 11.9 Å². The minimum absolute atomic E-state index is 0. The number of carbonyl (C=O) groups is 2. The molecule has 0 amide bonds. The predicted octanol–water partition coefficient (Wildman–Crippen LogP) is -2.95. The maximum Gasteiger partial charge on any atom is 3.00 e. The summed E-state index contributed by atoms with van der Waals surface area (Å²) in [6.07, 6.45) is 0. The fourth-order valence-electron chi connectivity index (χ4n) is 0. The molecule has 4 nitrogen and oxygen atoms in total. The number of carboxylic acid groups (broad SMARTS) is 2. The molecule has 0 N–H and O–H groups in total. The second-order valence-corrected chi connectivity index (χ2v) is 0.575. The van der Waals surface area contributed by atoms with Crippen molar-refractivity contribution in [2.75, 3.05) is 0 Å². The first-order valence-electron chi connectivity index (χ1n) is 1.07. The molecule has 0 saturated carbocycles. The van der Waals surface area contributed by atoms with E-state index in [0.29, 0.717) is 0 Å². The molecule has 0 spiro atoms. The molecule has 36 valence electrons. The summed E-state index contributed by atoms with van der Waals surface area (Å²) in [6.45, 7) is 0. The van der Waals surface area contributed by atoms with Gasteiger partial charge in [0.15, 0.2) is 0 Å². The van der Waals surface area contributed by atoms with E-state index in [1.54, 1.807) is 0 Å². The summed E-state index contributed by atoms with van der Waals surface area (Å²) in [5, 5.41) is 17.9. The van der Waals surface area contributed by atoms with Gasteiger partial charge in [0.25, 0.3) is 0 Å². The fourth-order valence-corrected chi connectivity index (χ4v) is 0. The smallest absolute Gasteiger partial charge is 0.543 e. The van der Waals surface area contributed by atoms with E-state index in [4.69, 9.17) is 19.8 Å². The van der Waals surface area contributed by atoms with Gasteiger partial charge in [0.05, 0.1) is 11.9 Å². The van der Waals surface area contributed by atoms with Crippen LogP contribution >= 0.6 is 0 Å². The van der Waals surface area contributed by atoms with Crippen molar-refractivity contribution in [2.45, 2.75) is 0 Å². The van der Waals surface area contributed by atoms with Crippen molar-refractivity contribution in [1.29, 1.82) is 0 Å². The maximum absolute atomic E-state index is 8.93. The van der Waals surface area contributed by atoms with Crippen LogP contribution in [0.3, 0.4) is 0 Å². The van der Waals surface area contributed by atoms with E-state index in [2.05, 4.69) is 0 Å². The first-order valence-corrected chi connectivity index (χ1v) is 1.07. The van der Waals surface area contributed by atoms with E-state index in [0.717, 1.165) is 0 Å². The van der Waals surface area contributed by atoms with Crippen molar-refractivity contribution in [2.24, 2.45) is 0 Å². The first kappa shape index (κ1) is 9.84. The minimum Gasteiger partial charge on any atom is -0.543 e. The van der Waals surface area contributed by atoms with Gasteiger partial charge in [-0.05, 0) is 0 Å². The monoisotopic (exact) mass is 186 g/mol. The van der Waals surface area contributed by atoms with Crippen molar-refractivity contribution in [3.63, 3.8) is 0 Å². The average molecular weight is 186 g/mol. The molecule has 0 aromatic heterocycles. The number of hydrogen-bond acceptors (Lipinski definition) is 4. The largest absolute Gasteiger partial charge is 3.00 e. The maximum atomic E-state index is 8.93. The van der Waals surface area contributed by atoms with Gasteiger partial charge in [-0.1, -0.05) is 0 Å². The van der Waals surface area contributed by atoms with Crippen molar-refractivity contribution < 1.29 is 49.3 Å². The number of aliphatic carboxylic acids is 2. The van der Waals surface area contributed by atoms with Crippen LogP contribution in [0.1, 0.15) is 7.13 Å². The molecule has 0 aliphatic carbocycles. The summed E-state index contributed by atoms with van der Waals surface area (Å²) < 4.78 is 0. The van der Waals surface area contributed by atoms with E-state index in [1.807, 2.05) is 0 Å². The van der Waals surface area contributed by atoms with Gasteiger partial charge in [0.1, 0.15) is 0 Å². The summed E-state index contributed by atoms with van der Waals surface area (Å²) in [5.74, 6) is -4.37. The van der Waals surface area contributed by atoms with Crippen molar-refractivity contribution in [1.82, 2.24) is 0 Å². The van der Waals surface area contributed by atoms with E-state index >= 15 is 0 Å². The zero-order valence-corrected chi connectivity index (χ0v) is 5.28. The first-order chi connectivity index (χ1) is 2.64. The molecule has 0 unspecified atom stereocenters. The van der Waals surface area contributed by atoms with Crippen molar-refractivity contribution >= 4 is 11.9 Å². The third kappa shape index (κ3) is 5.68. The van der Waals surface area contributed by atoms with Crippen LogP contribution in [-0.4, -0.2) is 11.9 Å². The number of hydrogen-bond donors (Lipinski definition) is 0. The molecular formula is C2H5NbO4+6. The van der Waals surface area contributed by atoms with E-state index in [1.165, 1.54) is 0 Å². The average Bonchev–Trinajstić information content (AvgIpc) is 1.36. The molecule has 0 heterocycles. The standard InChI is InChI=1S/C2H2O4.Nb/c3-1(4)2(5)6;/h(H,3,4)(H,5,6);/q;+3/p+3. The van der Waals surface area contributed by atoms with E-state index in [9.17, 15) is 0 Å². The molecule has 0 aliphatic heterocycles. The molecule has 0 aliphatic rings. The van der Waals surface area contributed by atoms with Crippen LogP contribution in [0.25, 0.3) is 0 Å². The summed E-state index contributed by atoms with van der Waals surface area (Å²) in [4.78, 5) is 17.9. The van der Waals surface area contributed by atoms with Gasteiger partial charge in [-0.15, -0.1) is 0 Å². The summed E-state index contributed by atoms with van der Waals surface area (Å²) >= 11 is 0. The van der Waals surface area contributed by atoms with Crippen molar-refractivity contribution in [3.8, 4) is 0 Å². The van der Waals surface area contributed by atoms with Gasteiger partial charge >= 0.3 is 29.5 Å². The topological polar surface area (TPSA) is 80.3 Å². The van der Waals surface area contributed by atoms with Crippen LogP contribution in [0.2, 0.25) is 0 Å². The second-order valence-electron chi connectivity index (χ2n) is 0.575. The fraction of sp³-hybridized carbons (Fsp3) is 0. The predicted molar refractivity (Wildman–Crippen MR) is 15.6 cm³/mol. The minimum atomic E-state index is -2.19. The molecule has 0 atom stereocenters. The third-order valence-corrected chi connectivity index (χ3v) is 0.167. The van der Waals surface area contributed by atoms with Crippen LogP contribution < -0.4 is 10.2 Å². The van der Waals surface area contributed by atoms with Crippen LogP contribution in [0.4, 0.5) is 0 Å². The van der Waals surface area contributed by atoms with Gasteiger partial charge in [-0.2, -0.15) is 0 Å². The normalized spacial score (nSPS) is 6.29. The quantitative estimate of drug-likeness (QED) is 0.299. The molecule has 5 heteroatoms. The summed E-state index contributed by atoms with van der Waals surface area (Å²) in [7, 11) is 0. The molecule has 0 aromatic carbocycles. The Morgan fingerprint density at radius 1 is 1.14 bits per heavy atom. The van der Waals surface area contributed by atoms with Gasteiger partial charge < -0.3 is 19.8 Å². The molecule has 0 rings (SSSR count). The Labute approximate surface area is 62.1 Å².